The van der Waals surface area contributed by atoms with Crippen LogP contribution in [0.5, 0.6) is 0 Å². The highest BCUT2D eigenvalue weighted by Crippen LogP contribution is 2.46. The minimum absolute atomic E-state index is 0.184. The van der Waals surface area contributed by atoms with E-state index in [1.165, 1.54) is 58.2 Å². The van der Waals surface area contributed by atoms with Crippen molar-refractivity contribution in [1.29, 1.82) is 5.26 Å². The van der Waals surface area contributed by atoms with Gasteiger partial charge in [-0.15, -0.1) is 0 Å². The lowest BCUT2D eigenvalue weighted by atomic mass is 9.68. The Hall–Kier alpha value is -0.460. The average Bonchev–Trinajstić information content (AvgIpc) is 2.55. The van der Waals surface area contributed by atoms with Crippen LogP contribution in [0.2, 0.25) is 0 Å². The highest BCUT2D eigenvalue weighted by molar-refractivity contribution is 5.13. The Morgan fingerprint density at radius 2 is 1.72 bits per heavy atom. The van der Waals surface area contributed by atoms with Crippen LogP contribution >= 0.6 is 0 Å². The molecule has 142 valence electrons. The molecule has 5 atom stereocenters. The Bertz CT molecular complexity index is 517. The summed E-state index contributed by atoms with van der Waals surface area (Å²) >= 11 is 0. The number of rotatable bonds is 0. The number of hydrogen-bond donors (Lipinski definition) is 1. The molecule has 0 amide bonds. The summed E-state index contributed by atoms with van der Waals surface area (Å²) in [5.74, 6) is 1.66. The predicted molar refractivity (Wildman–Crippen MR) is 81.4 cm³/mol. The van der Waals surface area contributed by atoms with Crippen LogP contribution in [0.25, 0.3) is 0 Å². The van der Waals surface area contributed by atoms with E-state index in [0.29, 0.717) is 6.04 Å². The molecule has 0 aromatic carbocycles. The molecule has 2 bridgehead atoms. The molecule has 1 N–H and O–H groups in total. The van der Waals surface area contributed by atoms with E-state index < -0.39 is 10.2 Å². The van der Waals surface area contributed by atoms with Crippen LogP contribution in [0.4, 0.5) is 0 Å². The van der Waals surface area contributed by atoms with E-state index in [1.54, 1.807) is 0 Å². The van der Waals surface area contributed by atoms with Crippen LogP contribution in [0.1, 0.15) is 51.9 Å². The van der Waals surface area contributed by atoms with Crippen LogP contribution in [0.15, 0.2) is 0 Å². The summed E-state index contributed by atoms with van der Waals surface area (Å²) in [6, 6.07) is 4.17. The highest BCUT2D eigenvalue weighted by Gasteiger charge is 2.51. The maximum absolute atomic E-state index is 9.68. The molecule has 0 saturated carbocycles. The molecule has 4 rings (SSSR count). The van der Waals surface area contributed by atoms with Gasteiger partial charge in [-0.25, -0.2) is 0 Å². The smallest absolute Gasteiger partial charge is 0.106 e. The molecule has 7 nitrogen and oxygen atoms in total. The number of nitrogens with zero attached hydrogens (tertiary/aromatic N) is 3. The van der Waals surface area contributed by atoms with E-state index in [-0.39, 0.29) is 5.54 Å². The first-order chi connectivity index (χ1) is 11.7. The Morgan fingerprint density at radius 1 is 1.08 bits per heavy atom. The third kappa shape index (κ3) is 4.28. The predicted octanol–water partition coefficient (Wildman–Crippen LogP) is -1.50. The van der Waals surface area contributed by atoms with Gasteiger partial charge in [0.2, 0.25) is 0 Å². The Balaban J connectivity index is 0.000000324. The Morgan fingerprint density at radius 3 is 2.40 bits per heavy atom. The summed E-state index contributed by atoms with van der Waals surface area (Å²) < 4.78 is 32.7. The van der Waals surface area contributed by atoms with Gasteiger partial charge < -0.3 is 0 Å². The second kappa shape index (κ2) is 7.28. The van der Waals surface area contributed by atoms with Gasteiger partial charge in [0.1, 0.15) is 5.54 Å². The monoisotopic (exact) mass is 373 g/mol. The average molecular weight is 374 g/mol. The van der Waals surface area contributed by atoms with Crippen molar-refractivity contribution in [3.05, 3.63) is 0 Å². The fourth-order valence-electron chi connectivity index (χ4n) is 5.69. The maximum atomic E-state index is 9.68. The molecule has 4 saturated heterocycles. The molecule has 0 aromatic rings. The second-order valence-electron chi connectivity index (χ2n) is 8.21. The molecule has 0 aliphatic carbocycles. The molecule has 1 unspecified atom stereocenters. The topological polar surface area (TPSA) is 120 Å². The number of halogens is 1. The normalized spacial score (nSPS) is 41.6. The number of nitriles is 1. The standard InChI is InChI=1S/C17H27N3.ClHO4/c1-17(12-18)7-4-6-16-13-9-14(11-20(16)17)15-5-2-3-8-19(15)10-13;2-1(3,4)5/h13-16H,2-11H2,1H3;(H,2,3,4,5)/t13-,14-,15-,16+,17?;/m0./s1. The molecule has 0 spiro atoms. The second-order valence-corrected chi connectivity index (χ2v) is 9.00. The van der Waals surface area contributed by atoms with Gasteiger partial charge in [-0.1, -0.05) is 6.42 Å². The Labute approximate surface area is 151 Å². The third-order valence-electron chi connectivity index (χ3n) is 6.70. The van der Waals surface area contributed by atoms with Crippen LogP contribution in [-0.4, -0.2) is 51.7 Å². The largest absolute Gasteiger partial charge is 0.300 e. The first-order valence-corrected chi connectivity index (χ1v) is 10.5. The van der Waals surface area contributed by atoms with Crippen LogP contribution in [0, 0.1) is 33.4 Å². The summed E-state index contributed by atoms with van der Waals surface area (Å²) in [6.45, 7) is 6.02. The fraction of sp³-hybridized carbons (Fsp3) is 0.941. The third-order valence-corrected chi connectivity index (χ3v) is 6.70. The van der Waals surface area contributed by atoms with Gasteiger partial charge in [0.25, 0.3) is 0 Å². The van der Waals surface area contributed by atoms with Crippen molar-refractivity contribution in [2.45, 2.75) is 69.5 Å². The van der Waals surface area contributed by atoms with Gasteiger partial charge >= 0.3 is 0 Å². The maximum Gasteiger partial charge on any atom is 0.106 e. The fourth-order valence-corrected chi connectivity index (χ4v) is 5.69. The molecular weight excluding hydrogens is 346 g/mol. The lowest BCUT2D eigenvalue weighted by Crippen LogP contribution is -2.67. The summed E-state index contributed by atoms with van der Waals surface area (Å²) in [5, 5.41) is 9.68. The first-order valence-electron chi connectivity index (χ1n) is 9.26. The minimum Gasteiger partial charge on any atom is -0.300 e. The van der Waals surface area contributed by atoms with Crippen molar-refractivity contribution in [3.8, 4) is 6.07 Å². The van der Waals surface area contributed by atoms with E-state index >= 15 is 0 Å². The molecule has 4 aliphatic heterocycles. The van der Waals surface area contributed by atoms with E-state index in [2.05, 4.69) is 22.8 Å². The van der Waals surface area contributed by atoms with Crippen molar-refractivity contribution < 1.29 is 28.9 Å². The summed E-state index contributed by atoms with van der Waals surface area (Å²) in [5.41, 5.74) is -0.184. The molecule has 0 aromatic heterocycles. The van der Waals surface area contributed by atoms with Crippen molar-refractivity contribution in [2.75, 3.05) is 19.6 Å². The van der Waals surface area contributed by atoms with Crippen LogP contribution in [-0.2, 0) is 0 Å². The van der Waals surface area contributed by atoms with Crippen LogP contribution < -0.4 is 14.0 Å². The summed E-state index contributed by atoms with van der Waals surface area (Å²) in [6.07, 6.45) is 9.31. The van der Waals surface area contributed by atoms with Crippen molar-refractivity contribution in [1.82, 2.24) is 9.80 Å². The summed E-state index contributed by atoms with van der Waals surface area (Å²) in [7, 11) is -4.69. The lowest BCUT2D eigenvalue weighted by molar-refractivity contribution is -1.92. The van der Waals surface area contributed by atoms with Gasteiger partial charge in [0.05, 0.1) is 21.0 Å². The molecule has 25 heavy (non-hydrogen) atoms. The SMILES string of the molecule is CC1(C#N)CCC[C@@H]2[C@H]3C[C@@H](CN21)[C@@H]1CCCCN1C3.[O-][Cl+3]([O-])([O-])O. The van der Waals surface area contributed by atoms with Crippen molar-refractivity contribution >= 4 is 0 Å². The minimum atomic E-state index is -4.69. The van der Waals surface area contributed by atoms with Gasteiger partial charge in [-0.2, -0.15) is 19.2 Å². The van der Waals surface area contributed by atoms with E-state index in [9.17, 15) is 5.26 Å². The van der Waals surface area contributed by atoms with Crippen LogP contribution in [0.3, 0.4) is 0 Å². The molecule has 8 heteroatoms. The molecule has 4 aliphatic rings. The quantitative estimate of drug-likeness (QED) is 0.548. The van der Waals surface area contributed by atoms with E-state index in [1.807, 2.05) is 0 Å². The molecule has 4 heterocycles. The van der Waals surface area contributed by atoms with E-state index in [0.717, 1.165) is 24.3 Å². The molecular formula is C17H28ClN3O4. The van der Waals surface area contributed by atoms with Gasteiger partial charge in [-0.3, -0.25) is 9.80 Å². The highest BCUT2D eigenvalue weighted by atomic mass is 35.7. The molecule has 0 radical (unpaired) electrons. The van der Waals surface area contributed by atoms with E-state index in [4.69, 9.17) is 18.6 Å². The molecule has 4 fully saturated rings. The van der Waals surface area contributed by atoms with Gasteiger partial charge in [0, 0.05) is 25.2 Å². The van der Waals surface area contributed by atoms with Gasteiger partial charge in [-0.05, 0) is 63.8 Å². The summed E-state index contributed by atoms with van der Waals surface area (Å²) in [4.78, 5) is 5.43. The first kappa shape index (κ1) is 19.3. The number of hydrogen-bond acceptors (Lipinski definition) is 7. The number of piperidine rings is 4. The lowest BCUT2D eigenvalue weighted by Gasteiger charge is -2.60. The van der Waals surface area contributed by atoms with Crippen molar-refractivity contribution in [3.63, 3.8) is 0 Å². The zero-order chi connectivity index (χ0) is 18.2. The zero-order valence-corrected chi connectivity index (χ0v) is 15.5. The number of fused-ring (bicyclic) bond motifs is 6. The van der Waals surface area contributed by atoms with Crippen molar-refractivity contribution in [2.24, 2.45) is 11.8 Å². The Kier molecular flexibility index (Phi) is 5.62. The zero-order valence-electron chi connectivity index (χ0n) is 14.8. The van der Waals surface area contributed by atoms with Gasteiger partial charge in [0.15, 0.2) is 0 Å².